The van der Waals surface area contributed by atoms with Crippen LogP contribution in [0.15, 0.2) is 18.3 Å². The molecule has 1 aromatic heterocycles. The van der Waals surface area contributed by atoms with Crippen LogP contribution >= 0.6 is 0 Å². The minimum Gasteiger partial charge on any atom is -0.309 e. The van der Waals surface area contributed by atoms with E-state index < -0.39 is 0 Å². The van der Waals surface area contributed by atoms with Gasteiger partial charge in [-0.05, 0) is 61.6 Å². The standard InChI is InChI=1S/C18H30N2/c1-5-15-8-7-9-20-17(15)18(19-6-2)16-11-13(3)10-14(4)12-16/h7-9,13-14,16,18-19H,5-6,10-12H2,1-4H3. The lowest BCUT2D eigenvalue weighted by atomic mass is 9.72. The number of rotatable bonds is 5. The minimum absolute atomic E-state index is 0.432. The van der Waals surface area contributed by atoms with Crippen LogP contribution in [0.2, 0.25) is 0 Å². The lowest BCUT2D eigenvalue weighted by Gasteiger charge is -2.37. The maximum absolute atomic E-state index is 4.73. The minimum atomic E-state index is 0.432. The van der Waals surface area contributed by atoms with E-state index in [1.807, 2.05) is 6.20 Å². The summed E-state index contributed by atoms with van der Waals surface area (Å²) in [6, 6.07) is 4.74. The first-order chi connectivity index (χ1) is 9.65. The summed E-state index contributed by atoms with van der Waals surface area (Å²) in [5.41, 5.74) is 2.70. The largest absolute Gasteiger partial charge is 0.309 e. The van der Waals surface area contributed by atoms with Crippen LogP contribution in [0.3, 0.4) is 0 Å². The number of aromatic nitrogens is 1. The monoisotopic (exact) mass is 274 g/mol. The Bertz CT molecular complexity index is 406. The van der Waals surface area contributed by atoms with Crippen molar-refractivity contribution < 1.29 is 0 Å². The third kappa shape index (κ3) is 3.60. The summed E-state index contributed by atoms with van der Waals surface area (Å²) in [5.74, 6) is 2.42. The van der Waals surface area contributed by atoms with E-state index in [0.717, 1.165) is 30.7 Å². The first-order valence-electron chi connectivity index (χ1n) is 8.32. The quantitative estimate of drug-likeness (QED) is 0.862. The van der Waals surface area contributed by atoms with Gasteiger partial charge in [0.1, 0.15) is 0 Å². The van der Waals surface area contributed by atoms with Crippen LogP contribution in [0.5, 0.6) is 0 Å². The zero-order chi connectivity index (χ0) is 14.5. The predicted molar refractivity (Wildman–Crippen MR) is 85.7 cm³/mol. The summed E-state index contributed by atoms with van der Waals surface area (Å²) in [6.07, 6.45) is 7.08. The molecule has 3 atom stereocenters. The molecule has 0 bridgehead atoms. The molecule has 0 aromatic carbocycles. The van der Waals surface area contributed by atoms with Crippen molar-refractivity contribution in [2.24, 2.45) is 17.8 Å². The SMILES string of the molecule is CCNC(c1ncccc1CC)C1CC(C)CC(C)C1. The zero-order valence-electron chi connectivity index (χ0n) is 13.5. The number of pyridine rings is 1. The Kier molecular flexibility index (Phi) is 5.59. The van der Waals surface area contributed by atoms with Gasteiger partial charge in [0.15, 0.2) is 0 Å². The van der Waals surface area contributed by atoms with Gasteiger partial charge in [0, 0.05) is 6.20 Å². The summed E-state index contributed by atoms with van der Waals surface area (Å²) in [6.45, 7) is 10.3. The molecule has 1 aromatic rings. The molecular formula is C18H30N2. The lowest BCUT2D eigenvalue weighted by molar-refractivity contribution is 0.175. The maximum atomic E-state index is 4.73. The Balaban J connectivity index is 2.25. The van der Waals surface area contributed by atoms with Crippen molar-refractivity contribution in [1.29, 1.82) is 0 Å². The summed E-state index contributed by atoms with van der Waals surface area (Å²) < 4.78 is 0. The van der Waals surface area contributed by atoms with Crippen LogP contribution in [0.4, 0.5) is 0 Å². The molecule has 2 heteroatoms. The van der Waals surface area contributed by atoms with Crippen molar-refractivity contribution in [3.8, 4) is 0 Å². The topological polar surface area (TPSA) is 24.9 Å². The van der Waals surface area contributed by atoms with Gasteiger partial charge < -0.3 is 5.32 Å². The molecule has 0 amide bonds. The van der Waals surface area contributed by atoms with Crippen molar-refractivity contribution in [2.45, 2.75) is 59.4 Å². The number of hydrogen-bond donors (Lipinski definition) is 1. The molecule has 112 valence electrons. The summed E-state index contributed by atoms with van der Waals surface area (Å²) >= 11 is 0. The first kappa shape index (κ1) is 15.5. The molecule has 1 heterocycles. The van der Waals surface area contributed by atoms with Gasteiger partial charge in [0.2, 0.25) is 0 Å². The van der Waals surface area contributed by atoms with Gasteiger partial charge in [-0.3, -0.25) is 4.98 Å². The molecule has 1 fully saturated rings. The van der Waals surface area contributed by atoms with Gasteiger partial charge in [-0.1, -0.05) is 33.8 Å². The second-order valence-corrected chi connectivity index (χ2v) is 6.61. The molecule has 0 spiro atoms. The molecule has 1 saturated carbocycles. The Hall–Kier alpha value is -0.890. The Morgan fingerprint density at radius 1 is 1.20 bits per heavy atom. The fraction of sp³-hybridized carbons (Fsp3) is 0.722. The number of nitrogens with zero attached hydrogens (tertiary/aromatic N) is 1. The lowest BCUT2D eigenvalue weighted by Crippen LogP contribution is -2.34. The second-order valence-electron chi connectivity index (χ2n) is 6.61. The van der Waals surface area contributed by atoms with Crippen LogP contribution in [-0.4, -0.2) is 11.5 Å². The van der Waals surface area contributed by atoms with Crippen LogP contribution < -0.4 is 5.32 Å². The summed E-state index contributed by atoms with van der Waals surface area (Å²) in [5, 5.41) is 3.72. The Morgan fingerprint density at radius 3 is 2.50 bits per heavy atom. The van der Waals surface area contributed by atoms with Crippen molar-refractivity contribution >= 4 is 0 Å². The molecule has 0 radical (unpaired) electrons. The predicted octanol–water partition coefficient (Wildman–Crippen LogP) is 4.37. The molecule has 1 aliphatic rings. The van der Waals surface area contributed by atoms with E-state index in [1.54, 1.807) is 0 Å². The van der Waals surface area contributed by atoms with Gasteiger partial charge in [-0.15, -0.1) is 0 Å². The number of aryl methyl sites for hydroxylation is 1. The first-order valence-corrected chi connectivity index (χ1v) is 8.32. The third-order valence-electron chi connectivity index (χ3n) is 4.71. The third-order valence-corrected chi connectivity index (χ3v) is 4.71. The molecule has 1 N–H and O–H groups in total. The molecule has 0 saturated heterocycles. The molecule has 3 unspecified atom stereocenters. The van der Waals surface area contributed by atoms with Crippen LogP contribution in [0, 0.1) is 17.8 Å². The van der Waals surface area contributed by atoms with E-state index in [9.17, 15) is 0 Å². The fourth-order valence-electron chi connectivity index (χ4n) is 4.02. The highest BCUT2D eigenvalue weighted by molar-refractivity contribution is 5.23. The van der Waals surface area contributed by atoms with E-state index >= 15 is 0 Å². The van der Waals surface area contributed by atoms with Gasteiger partial charge in [0.25, 0.3) is 0 Å². The molecular weight excluding hydrogens is 244 g/mol. The Morgan fingerprint density at radius 2 is 1.90 bits per heavy atom. The van der Waals surface area contributed by atoms with E-state index in [-0.39, 0.29) is 0 Å². The summed E-state index contributed by atoms with van der Waals surface area (Å²) in [4.78, 5) is 4.73. The highest BCUT2D eigenvalue weighted by Gasteiger charge is 2.31. The van der Waals surface area contributed by atoms with E-state index in [4.69, 9.17) is 4.98 Å². The van der Waals surface area contributed by atoms with Gasteiger partial charge in [-0.25, -0.2) is 0 Å². The highest BCUT2D eigenvalue weighted by Crippen LogP contribution is 2.40. The van der Waals surface area contributed by atoms with Crippen LogP contribution in [-0.2, 0) is 6.42 Å². The number of nitrogens with one attached hydrogen (secondary N) is 1. The van der Waals surface area contributed by atoms with Crippen LogP contribution in [0.25, 0.3) is 0 Å². The van der Waals surface area contributed by atoms with Crippen molar-refractivity contribution in [1.82, 2.24) is 10.3 Å². The van der Waals surface area contributed by atoms with Crippen molar-refractivity contribution in [2.75, 3.05) is 6.54 Å². The van der Waals surface area contributed by atoms with Gasteiger partial charge in [-0.2, -0.15) is 0 Å². The van der Waals surface area contributed by atoms with Crippen molar-refractivity contribution in [3.05, 3.63) is 29.6 Å². The number of hydrogen-bond acceptors (Lipinski definition) is 2. The normalized spacial score (nSPS) is 28.3. The molecule has 2 nitrogen and oxygen atoms in total. The Labute approximate surface area is 124 Å². The average molecular weight is 274 g/mol. The molecule has 1 aliphatic carbocycles. The van der Waals surface area contributed by atoms with E-state index in [2.05, 4.69) is 45.1 Å². The molecule has 0 aliphatic heterocycles. The van der Waals surface area contributed by atoms with Crippen molar-refractivity contribution in [3.63, 3.8) is 0 Å². The second kappa shape index (κ2) is 7.21. The van der Waals surface area contributed by atoms with Crippen LogP contribution in [0.1, 0.15) is 64.3 Å². The highest BCUT2D eigenvalue weighted by atomic mass is 14.9. The zero-order valence-corrected chi connectivity index (χ0v) is 13.5. The van der Waals surface area contributed by atoms with Gasteiger partial charge in [0.05, 0.1) is 11.7 Å². The van der Waals surface area contributed by atoms with E-state index in [0.29, 0.717) is 6.04 Å². The van der Waals surface area contributed by atoms with Gasteiger partial charge >= 0.3 is 0 Å². The smallest absolute Gasteiger partial charge is 0.0607 e. The molecule has 2 rings (SSSR count). The maximum Gasteiger partial charge on any atom is 0.0607 e. The average Bonchev–Trinajstić information content (AvgIpc) is 2.43. The summed E-state index contributed by atoms with van der Waals surface area (Å²) in [7, 11) is 0. The fourth-order valence-corrected chi connectivity index (χ4v) is 4.02. The van der Waals surface area contributed by atoms with E-state index in [1.165, 1.54) is 30.5 Å². The molecule has 20 heavy (non-hydrogen) atoms.